The molecule has 1 aliphatic heterocycles. The van der Waals surface area contributed by atoms with Gasteiger partial charge < -0.3 is 5.11 Å². The second-order valence-electron chi connectivity index (χ2n) is 4.34. The molecule has 0 radical (unpaired) electrons. The molecule has 0 aromatic heterocycles. The molecule has 2 rings (SSSR count). The third kappa shape index (κ3) is 2.96. The van der Waals surface area contributed by atoms with Crippen molar-refractivity contribution in [2.24, 2.45) is 0 Å². The number of imide groups is 1. The van der Waals surface area contributed by atoms with Crippen molar-refractivity contribution in [3.63, 3.8) is 0 Å². The highest BCUT2D eigenvalue weighted by Crippen LogP contribution is 2.22. The topological polar surface area (TPSA) is 74.7 Å². The number of thioether (sulfide) groups is 1. The van der Waals surface area contributed by atoms with Crippen LogP contribution in [0, 0.1) is 0 Å². The summed E-state index contributed by atoms with van der Waals surface area (Å²) in [6.45, 7) is 1.86. The molecule has 5 nitrogen and oxygen atoms in total. The normalized spacial score (nSPS) is 16.8. The first kappa shape index (κ1) is 13.6. The second kappa shape index (κ2) is 5.44. The Morgan fingerprint density at radius 2 is 2.00 bits per heavy atom. The number of carbonyl (C=O) groups excluding carboxylic acids is 2. The number of benzene rings is 1. The Kier molecular flexibility index (Phi) is 3.90. The third-order valence-electron chi connectivity index (χ3n) is 3.03. The molecule has 1 aromatic rings. The minimum Gasteiger partial charge on any atom is -0.481 e. The number of carboxylic acid groups (broad SMARTS) is 1. The Balaban J connectivity index is 2.09. The van der Waals surface area contributed by atoms with Gasteiger partial charge in [0.15, 0.2) is 0 Å². The minimum absolute atomic E-state index is 0.182. The summed E-state index contributed by atoms with van der Waals surface area (Å²) in [4.78, 5) is 35.0. The lowest BCUT2D eigenvalue weighted by Gasteiger charge is -2.13. The van der Waals surface area contributed by atoms with Crippen molar-refractivity contribution in [3.05, 3.63) is 35.4 Å². The summed E-state index contributed by atoms with van der Waals surface area (Å²) in [5, 5.41) is 8.67. The van der Waals surface area contributed by atoms with E-state index in [-0.39, 0.29) is 23.4 Å². The summed E-state index contributed by atoms with van der Waals surface area (Å²) in [6, 6.07) is 6.93. The highest BCUT2D eigenvalue weighted by atomic mass is 32.2. The molecule has 0 aliphatic carbocycles. The maximum Gasteiger partial charge on any atom is 0.310 e. The van der Waals surface area contributed by atoms with Gasteiger partial charge in [0.1, 0.15) is 0 Å². The van der Waals surface area contributed by atoms with E-state index < -0.39 is 11.9 Å². The number of carboxylic acids is 1. The maximum absolute atomic E-state index is 11.5. The van der Waals surface area contributed by atoms with Crippen LogP contribution >= 0.6 is 11.8 Å². The standard InChI is InChI=1S/C13H13NO4S/c1-8(12(16)17)10-4-2-9(3-5-10)6-14-11(15)7-19-13(14)18/h2-5,8H,6-7H2,1H3,(H,16,17). The van der Waals surface area contributed by atoms with Crippen molar-refractivity contribution in [3.8, 4) is 0 Å². The van der Waals surface area contributed by atoms with Crippen molar-refractivity contribution >= 4 is 28.9 Å². The van der Waals surface area contributed by atoms with Crippen LogP contribution in [0.2, 0.25) is 0 Å². The Morgan fingerprint density at radius 1 is 1.37 bits per heavy atom. The van der Waals surface area contributed by atoms with Crippen LogP contribution in [-0.2, 0) is 16.1 Å². The highest BCUT2D eigenvalue weighted by molar-refractivity contribution is 8.14. The van der Waals surface area contributed by atoms with E-state index in [9.17, 15) is 14.4 Å². The van der Waals surface area contributed by atoms with E-state index >= 15 is 0 Å². The zero-order valence-corrected chi connectivity index (χ0v) is 11.1. The molecule has 1 saturated heterocycles. The van der Waals surface area contributed by atoms with Gasteiger partial charge in [-0.1, -0.05) is 36.0 Å². The lowest BCUT2D eigenvalue weighted by molar-refractivity contribution is -0.138. The van der Waals surface area contributed by atoms with Gasteiger partial charge in [0.2, 0.25) is 5.91 Å². The number of hydrogen-bond donors (Lipinski definition) is 1. The largest absolute Gasteiger partial charge is 0.481 e. The summed E-state index contributed by atoms with van der Waals surface area (Å²) >= 11 is 1.00. The predicted molar refractivity (Wildman–Crippen MR) is 70.9 cm³/mol. The first-order valence-corrected chi connectivity index (χ1v) is 6.76. The zero-order chi connectivity index (χ0) is 14.0. The predicted octanol–water partition coefficient (Wildman–Crippen LogP) is 2.07. The second-order valence-corrected chi connectivity index (χ2v) is 5.26. The summed E-state index contributed by atoms with van der Waals surface area (Å²) < 4.78 is 0. The third-order valence-corrected chi connectivity index (χ3v) is 3.89. The van der Waals surface area contributed by atoms with Gasteiger partial charge >= 0.3 is 5.97 Å². The Morgan fingerprint density at radius 3 is 2.47 bits per heavy atom. The quantitative estimate of drug-likeness (QED) is 0.913. The minimum atomic E-state index is -0.881. The fourth-order valence-corrected chi connectivity index (χ4v) is 2.50. The molecule has 1 N–H and O–H groups in total. The maximum atomic E-state index is 11.5. The SMILES string of the molecule is CC(C(=O)O)c1ccc(CN2C(=O)CSC2=O)cc1. The van der Waals surface area contributed by atoms with Crippen LogP contribution in [0.25, 0.3) is 0 Å². The van der Waals surface area contributed by atoms with E-state index in [1.807, 2.05) is 0 Å². The Labute approximate surface area is 114 Å². The molecule has 1 heterocycles. The lowest BCUT2D eigenvalue weighted by atomic mass is 10.00. The molecule has 2 amide bonds. The van der Waals surface area contributed by atoms with Gasteiger partial charge in [0.05, 0.1) is 18.2 Å². The number of hydrogen-bond acceptors (Lipinski definition) is 4. The fourth-order valence-electron chi connectivity index (χ4n) is 1.77. The Bertz CT molecular complexity index is 510. The summed E-state index contributed by atoms with van der Waals surface area (Å²) in [5.74, 6) is -1.43. The molecule has 19 heavy (non-hydrogen) atoms. The molecular formula is C13H13NO4S. The number of amides is 2. The van der Waals surface area contributed by atoms with Gasteiger partial charge in [-0.05, 0) is 18.1 Å². The van der Waals surface area contributed by atoms with E-state index in [0.29, 0.717) is 5.56 Å². The zero-order valence-electron chi connectivity index (χ0n) is 10.3. The lowest BCUT2D eigenvalue weighted by Crippen LogP contribution is -2.27. The first-order chi connectivity index (χ1) is 8.99. The molecule has 6 heteroatoms. The van der Waals surface area contributed by atoms with Gasteiger partial charge in [-0.25, -0.2) is 0 Å². The van der Waals surface area contributed by atoms with Gasteiger partial charge in [-0.15, -0.1) is 0 Å². The van der Waals surface area contributed by atoms with E-state index in [1.54, 1.807) is 31.2 Å². The van der Waals surface area contributed by atoms with Gasteiger partial charge in [0.25, 0.3) is 5.24 Å². The monoisotopic (exact) mass is 279 g/mol. The summed E-state index contributed by atoms with van der Waals surface area (Å²) in [5.41, 5.74) is 1.51. The molecular weight excluding hydrogens is 266 g/mol. The van der Waals surface area contributed by atoms with Gasteiger partial charge in [-0.2, -0.15) is 0 Å². The Hall–Kier alpha value is -1.82. The number of carbonyl (C=O) groups is 3. The van der Waals surface area contributed by atoms with Crippen LogP contribution in [0.15, 0.2) is 24.3 Å². The average molecular weight is 279 g/mol. The van der Waals surface area contributed by atoms with Gasteiger partial charge in [0, 0.05) is 0 Å². The smallest absolute Gasteiger partial charge is 0.310 e. The molecule has 1 atom stereocenters. The molecule has 0 saturated carbocycles. The summed E-state index contributed by atoms with van der Waals surface area (Å²) in [7, 11) is 0. The van der Waals surface area contributed by atoms with Crippen molar-refractivity contribution < 1.29 is 19.5 Å². The molecule has 0 spiro atoms. The van der Waals surface area contributed by atoms with Crippen LogP contribution in [0.1, 0.15) is 24.0 Å². The van der Waals surface area contributed by atoms with Crippen LogP contribution in [-0.4, -0.2) is 32.9 Å². The number of rotatable bonds is 4. The van der Waals surface area contributed by atoms with Crippen LogP contribution in [0.3, 0.4) is 0 Å². The van der Waals surface area contributed by atoms with Crippen molar-refractivity contribution in [2.75, 3.05) is 5.75 Å². The number of aliphatic carboxylic acids is 1. The molecule has 1 unspecified atom stereocenters. The van der Waals surface area contributed by atoms with Crippen LogP contribution in [0.4, 0.5) is 4.79 Å². The molecule has 1 aliphatic rings. The van der Waals surface area contributed by atoms with E-state index in [0.717, 1.165) is 17.3 Å². The van der Waals surface area contributed by atoms with Crippen molar-refractivity contribution in [1.29, 1.82) is 0 Å². The van der Waals surface area contributed by atoms with Crippen molar-refractivity contribution in [1.82, 2.24) is 4.90 Å². The molecule has 100 valence electrons. The fraction of sp³-hybridized carbons (Fsp3) is 0.308. The average Bonchev–Trinajstić information content (AvgIpc) is 2.70. The summed E-state index contributed by atoms with van der Waals surface area (Å²) in [6.07, 6.45) is 0. The van der Waals surface area contributed by atoms with E-state index in [1.165, 1.54) is 4.90 Å². The highest BCUT2D eigenvalue weighted by Gasteiger charge is 2.29. The number of nitrogens with zero attached hydrogens (tertiary/aromatic N) is 1. The van der Waals surface area contributed by atoms with Crippen molar-refractivity contribution in [2.45, 2.75) is 19.4 Å². The van der Waals surface area contributed by atoms with E-state index in [4.69, 9.17) is 5.11 Å². The molecule has 1 fully saturated rings. The van der Waals surface area contributed by atoms with E-state index in [2.05, 4.69) is 0 Å². The first-order valence-electron chi connectivity index (χ1n) is 5.78. The van der Waals surface area contributed by atoms with Crippen LogP contribution < -0.4 is 0 Å². The van der Waals surface area contributed by atoms with Crippen LogP contribution in [0.5, 0.6) is 0 Å². The molecule has 0 bridgehead atoms. The molecule has 1 aromatic carbocycles. The van der Waals surface area contributed by atoms with Gasteiger partial charge in [-0.3, -0.25) is 19.3 Å².